The first kappa shape index (κ1) is 17.0. The van der Waals surface area contributed by atoms with E-state index in [-0.39, 0.29) is 18.1 Å². The van der Waals surface area contributed by atoms with Gasteiger partial charge in [0.15, 0.2) is 17.5 Å². The summed E-state index contributed by atoms with van der Waals surface area (Å²) in [7, 11) is 1.53. The quantitative estimate of drug-likeness (QED) is 0.837. The molecule has 1 aromatic carbocycles. The third-order valence-electron chi connectivity index (χ3n) is 4.69. The first-order valence-corrected chi connectivity index (χ1v) is 8.03. The van der Waals surface area contributed by atoms with Gasteiger partial charge in [0, 0.05) is 58.9 Å². The number of carbonyl (C=O) groups is 1. The molecular formula is C16H21F3N4O. The molecule has 2 amide bonds. The third kappa shape index (κ3) is 3.64. The maximum atomic E-state index is 13.2. The van der Waals surface area contributed by atoms with Crippen molar-refractivity contribution in [1.29, 1.82) is 0 Å². The Labute approximate surface area is 139 Å². The molecule has 0 spiro atoms. The number of benzene rings is 1. The van der Waals surface area contributed by atoms with E-state index in [2.05, 4.69) is 15.1 Å². The second-order valence-electron chi connectivity index (χ2n) is 6.41. The van der Waals surface area contributed by atoms with Gasteiger partial charge in [0.1, 0.15) is 0 Å². The summed E-state index contributed by atoms with van der Waals surface area (Å²) in [6.45, 7) is 5.66. The summed E-state index contributed by atoms with van der Waals surface area (Å²) in [4.78, 5) is 18.2. The predicted octanol–water partition coefficient (Wildman–Crippen LogP) is 1.25. The number of urea groups is 1. The number of hydrogen-bond donors (Lipinski definition) is 1. The summed E-state index contributed by atoms with van der Waals surface area (Å²) in [5, 5.41) is 2.85. The minimum atomic E-state index is -1.50. The van der Waals surface area contributed by atoms with Crippen molar-refractivity contribution in [3.63, 3.8) is 0 Å². The normalized spacial score (nSPS) is 25.6. The van der Waals surface area contributed by atoms with Gasteiger partial charge in [-0.3, -0.25) is 9.80 Å². The fourth-order valence-electron chi connectivity index (χ4n) is 3.30. The van der Waals surface area contributed by atoms with Gasteiger partial charge in [-0.2, -0.15) is 0 Å². The van der Waals surface area contributed by atoms with Crippen LogP contribution in [0.2, 0.25) is 0 Å². The maximum Gasteiger partial charge on any atom is 0.317 e. The van der Waals surface area contributed by atoms with Gasteiger partial charge in [0.05, 0.1) is 0 Å². The first-order chi connectivity index (χ1) is 11.4. The Hall–Kier alpha value is -1.80. The fraction of sp³-hybridized carbons (Fsp3) is 0.562. The van der Waals surface area contributed by atoms with Crippen molar-refractivity contribution in [3.05, 3.63) is 35.1 Å². The number of nitrogens with zero attached hydrogens (tertiary/aromatic N) is 3. The van der Waals surface area contributed by atoms with Gasteiger partial charge in [0.2, 0.25) is 0 Å². The Kier molecular flexibility index (Phi) is 4.96. The molecule has 1 atom stereocenters. The zero-order valence-electron chi connectivity index (χ0n) is 13.6. The van der Waals surface area contributed by atoms with E-state index >= 15 is 0 Å². The number of nitrogens with one attached hydrogen (secondary N) is 1. The molecule has 4 rings (SSSR count). The molecule has 5 nitrogen and oxygen atoms in total. The number of hydrogen-bond acceptors (Lipinski definition) is 3. The second kappa shape index (κ2) is 6.98. The molecule has 1 aromatic rings. The van der Waals surface area contributed by atoms with Gasteiger partial charge >= 0.3 is 6.03 Å². The summed E-state index contributed by atoms with van der Waals surface area (Å²) in [5.74, 6) is -4.00. The standard InChI is InChI=1S/C16H21F3N4O/c1-21(9-11-6-13(17)15(19)14(18)7-11)16(24)20-8-12-10-22-2-4-23(12)5-3-22/h6-7,12H,2-5,8-10H2,1H3,(H,20,24)/t12-/m1/s1. The van der Waals surface area contributed by atoms with Gasteiger partial charge in [-0.1, -0.05) is 0 Å². The highest BCUT2D eigenvalue weighted by Gasteiger charge is 2.31. The number of halogens is 3. The van der Waals surface area contributed by atoms with E-state index in [1.807, 2.05) is 0 Å². The van der Waals surface area contributed by atoms with E-state index in [1.54, 1.807) is 0 Å². The minimum Gasteiger partial charge on any atom is -0.336 e. The number of fused-ring (bicyclic) bond motifs is 3. The average molecular weight is 342 g/mol. The van der Waals surface area contributed by atoms with Crippen LogP contribution in [0.4, 0.5) is 18.0 Å². The topological polar surface area (TPSA) is 38.8 Å². The van der Waals surface area contributed by atoms with E-state index < -0.39 is 17.5 Å². The third-order valence-corrected chi connectivity index (χ3v) is 4.69. The molecule has 0 saturated carbocycles. The SMILES string of the molecule is CN(Cc1cc(F)c(F)c(F)c1)C(=O)NC[C@@H]1CN2CCN1CC2. The van der Waals surface area contributed by atoms with E-state index in [0.29, 0.717) is 12.6 Å². The largest absolute Gasteiger partial charge is 0.336 e. The molecule has 0 aliphatic carbocycles. The van der Waals surface area contributed by atoms with Gasteiger partial charge < -0.3 is 10.2 Å². The lowest BCUT2D eigenvalue weighted by Gasteiger charge is -2.47. The van der Waals surface area contributed by atoms with E-state index in [0.717, 1.165) is 44.9 Å². The summed E-state index contributed by atoms with van der Waals surface area (Å²) in [6.07, 6.45) is 0. The number of piperazine rings is 3. The molecule has 3 aliphatic heterocycles. The van der Waals surface area contributed by atoms with Gasteiger partial charge in [-0.25, -0.2) is 18.0 Å². The highest BCUT2D eigenvalue weighted by molar-refractivity contribution is 5.73. The molecule has 8 heteroatoms. The molecule has 3 heterocycles. The van der Waals surface area contributed by atoms with Crippen molar-refractivity contribution in [2.24, 2.45) is 0 Å². The highest BCUT2D eigenvalue weighted by atomic mass is 19.2. The van der Waals surface area contributed by atoms with Crippen LogP contribution < -0.4 is 5.32 Å². The summed E-state index contributed by atoms with van der Waals surface area (Å²) >= 11 is 0. The van der Waals surface area contributed by atoms with Gasteiger partial charge in [0.25, 0.3) is 0 Å². The Bertz CT molecular complexity index is 596. The average Bonchev–Trinajstić information content (AvgIpc) is 2.58. The van der Waals surface area contributed by atoms with Gasteiger partial charge in [-0.15, -0.1) is 0 Å². The summed E-state index contributed by atoms with van der Waals surface area (Å²) in [6, 6.07) is 1.78. The fourth-order valence-corrected chi connectivity index (χ4v) is 3.30. The van der Waals surface area contributed by atoms with Crippen molar-refractivity contribution in [2.75, 3.05) is 46.3 Å². The van der Waals surface area contributed by atoms with Crippen LogP contribution in [0.1, 0.15) is 5.56 Å². The van der Waals surface area contributed by atoms with E-state index in [4.69, 9.17) is 0 Å². The van der Waals surface area contributed by atoms with Crippen LogP contribution in [-0.2, 0) is 6.54 Å². The smallest absolute Gasteiger partial charge is 0.317 e. The van der Waals surface area contributed by atoms with Crippen molar-refractivity contribution in [2.45, 2.75) is 12.6 Å². The van der Waals surface area contributed by atoms with E-state index in [9.17, 15) is 18.0 Å². The van der Waals surface area contributed by atoms with E-state index in [1.165, 1.54) is 11.9 Å². The van der Waals surface area contributed by atoms with Crippen LogP contribution in [0, 0.1) is 17.5 Å². The predicted molar refractivity (Wildman–Crippen MR) is 83.0 cm³/mol. The zero-order valence-corrected chi connectivity index (χ0v) is 13.6. The molecule has 132 valence electrons. The van der Waals surface area contributed by atoms with Crippen LogP contribution in [0.15, 0.2) is 12.1 Å². The number of carbonyl (C=O) groups excluding carboxylic acids is 1. The Morgan fingerprint density at radius 3 is 2.38 bits per heavy atom. The number of amides is 2. The summed E-state index contributed by atoms with van der Waals surface area (Å²) < 4.78 is 39.4. The molecule has 0 radical (unpaired) electrons. The molecular weight excluding hydrogens is 321 g/mol. The molecule has 24 heavy (non-hydrogen) atoms. The van der Waals surface area contributed by atoms with Crippen LogP contribution in [0.25, 0.3) is 0 Å². The Balaban J connectivity index is 1.51. The van der Waals surface area contributed by atoms with Crippen molar-refractivity contribution in [3.8, 4) is 0 Å². The van der Waals surface area contributed by atoms with Crippen LogP contribution >= 0.6 is 0 Å². The van der Waals surface area contributed by atoms with Crippen LogP contribution in [0.5, 0.6) is 0 Å². The lowest BCUT2D eigenvalue weighted by atomic mass is 10.1. The maximum absolute atomic E-state index is 13.2. The second-order valence-corrected chi connectivity index (χ2v) is 6.41. The lowest BCUT2D eigenvalue weighted by Crippen LogP contribution is -2.63. The van der Waals surface area contributed by atoms with Crippen molar-refractivity contribution < 1.29 is 18.0 Å². The minimum absolute atomic E-state index is 0.000456. The zero-order chi connectivity index (χ0) is 17.3. The monoisotopic (exact) mass is 342 g/mol. The number of rotatable bonds is 4. The Morgan fingerprint density at radius 1 is 1.21 bits per heavy atom. The van der Waals surface area contributed by atoms with Crippen LogP contribution in [0.3, 0.4) is 0 Å². The molecule has 0 unspecified atom stereocenters. The Morgan fingerprint density at radius 2 is 1.83 bits per heavy atom. The van der Waals surface area contributed by atoms with Crippen molar-refractivity contribution >= 4 is 6.03 Å². The molecule has 3 fully saturated rings. The lowest BCUT2D eigenvalue weighted by molar-refractivity contribution is 0.0144. The molecule has 1 N–H and O–H groups in total. The molecule has 0 aromatic heterocycles. The highest BCUT2D eigenvalue weighted by Crippen LogP contribution is 2.16. The first-order valence-electron chi connectivity index (χ1n) is 8.03. The van der Waals surface area contributed by atoms with Crippen LogP contribution in [-0.4, -0.2) is 73.1 Å². The molecule has 3 aliphatic rings. The summed E-state index contributed by atoms with van der Waals surface area (Å²) in [5.41, 5.74) is 0.204. The molecule has 2 bridgehead atoms. The van der Waals surface area contributed by atoms with Gasteiger partial charge in [-0.05, 0) is 17.7 Å². The molecule has 3 saturated heterocycles. The van der Waals surface area contributed by atoms with Crippen molar-refractivity contribution in [1.82, 2.24) is 20.0 Å².